The summed E-state index contributed by atoms with van der Waals surface area (Å²) in [6, 6.07) is 8.75. The fourth-order valence-electron chi connectivity index (χ4n) is 2.10. The highest BCUT2D eigenvalue weighted by Crippen LogP contribution is 2.22. The number of hydrogen-bond donors (Lipinski definition) is 2. The minimum atomic E-state index is -4.10. The van der Waals surface area contributed by atoms with Crippen molar-refractivity contribution in [1.29, 1.82) is 0 Å². The van der Waals surface area contributed by atoms with Gasteiger partial charge in [-0.2, -0.15) is 0 Å². The van der Waals surface area contributed by atoms with Crippen molar-refractivity contribution in [3.8, 4) is 0 Å². The predicted octanol–water partition coefficient (Wildman–Crippen LogP) is 1.84. The minimum Gasteiger partial charge on any atom is -0.332 e. The Kier molecular flexibility index (Phi) is 5.96. The van der Waals surface area contributed by atoms with Crippen molar-refractivity contribution < 1.29 is 22.4 Å². The molecule has 0 saturated carbocycles. The van der Waals surface area contributed by atoms with Crippen LogP contribution < -0.4 is 10.5 Å². The van der Waals surface area contributed by atoms with E-state index in [2.05, 4.69) is 5.32 Å². The Morgan fingerprint density at radius 1 is 1.19 bits per heavy atom. The van der Waals surface area contributed by atoms with Gasteiger partial charge in [-0.3, -0.25) is 9.59 Å². The quantitative estimate of drug-likeness (QED) is 0.799. The van der Waals surface area contributed by atoms with E-state index >= 15 is 0 Å². The summed E-state index contributed by atoms with van der Waals surface area (Å²) in [4.78, 5) is 25.1. The van der Waals surface area contributed by atoms with E-state index in [4.69, 9.17) is 16.7 Å². The monoisotopic (exact) mass is 399 g/mol. The molecule has 0 spiro atoms. The molecule has 0 aromatic heterocycles. The molecule has 10 heteroatoms. The molecule has 0 atom stereocenters. The average Bonchev–Trinajstić information content (AvgIpc) is 2.55. The van der Waals surface area contributed by atoms with Crippen molar-refractivity contribution in [2.45, 2.75) is 4.90 Å². The van der Waals surface area contributed by atoms with Gasteiger partial charge in [-0.05, 0) is 42.5 Å². The van der Waals surface area contributed by atoms with E-state index in [1.54, 1.807) is 0 Å². The summed E-state index contributed by atoms with van der Waals surface area (Å²) < 4.78 is 35.8. The van der Waals surface area contributed by atoms with Crippen LogP contribution in [0.3, 0.4) is 0 Å². The Hall–Kier alpha value is -2.49. The predicted molar refractivity (Wildman–Crippen MR) is 94.8 cm³/mol. The summed E-state index contributed by atoms with van der Waals surface area (Å²) in [7, 11) is -2.72. The van der Waals surface area contributed by atoms with Crippen molar-refractivity contribution in [3.63, 3.8) is 0 Å². The van der Waals surface area contributed by atoms with Gasteiger partial charge < -0.3 is 10.2 Å². The molecular formula is C16H15ClFN3O4S. The van der Waals surface area contributed by atoms with Gasteiger partial charge in [0.25, 0.3) is 5.91 Å². The molecular weight excluding hydrogens is 385 g/mol. The minimum absolute atomic E-state index is 0.00973. The number of benzene rings is 2. The first-order valence-electron chi connectivity index (χ1n) is 7.21. The molecule has 0 saturated heterocycles. The molecule has 3 N–H and O–H groups in total. The molecule has 7 nitrogen and oxygen atoms in total. The number of carbonyl (C=O) groups is 2. The Morgan fingerprint density at radius 2 is 1.81 bits per heavy atom. The van der Waals surface area contributed by atoms with Gasteiger partial charge in [0, 0.05) is 18.3 Å². The molecule has 138 valence electrons. The molecule has 0 heterocycles. The zero-order valence-electron chi connectivity index (χ0n) is 13.6. The number of amides is 2. The van der Waals surface area contributed by atoms with Crippen LogP contribution in [0.25, 0.3) is 0 Å². The lowest BCUT2D eigenvalue weighted by molar-refractivity contribution is -0.116. The molecule has 2 aromatic carbocycles. The first-order valence-corrected chi connectivity index (χ1v) is 9.13. The third-order valence-electron chi connectivity index (χ3n) is 3.34. The Labute approximate surface area is 154 Å². The lowest BCUT2D eigenvalue weighted by atomic mass is 10.2. The Balaban J connectivity index is 2.09. The molecule has 26 heavy (non-hydrogen) atoms. The zero-order chi connectivity index (χ0) is 19.5. The molecule has 0 aliphatic rings. The fourth-order valence-corrected chi connectivity index (χ4v) is 3.17. The van der Waals surface area contributed by atoms with Crippen LogP contribution >= 0.6 is 11.6 Å². The number of likely N-dealkylation sites (N-methyl/N-ethyl adjacent to an activating group) is 1. The molecule has 0 aliphatic carbocycles. The number of nitrogens with two attached hydrogens (primary N) is 1. The number of carbonyl (C=O) groups excluding carboxylic acids is 2. The maximum Gasteiger partial charge on any atom is 0.254 e. The van der Waals surface area contributed by atoms with Crippen molar-refractivity contribution in [1.82, 2.24) is 4.90 Å². The summed E-state index contributed by atoms with van der Waals surface area (Å²) in [5.41, 5.74) is 0.385. The number of primary sulfonamides is 1. The van der Waals surface area contributed by atoms with E-state index in [1.165, 1.54) is 43.4 Å². The summed E-state index contributed by atoms with van der Waals surface area (Å²) in [5.74, 6) is -1.54. The highest BCUT2D eigenvalue weighted by atomic mass is 35.5. The molecule has 0 fully saturated rings. The van der Waals surface area contributed by atoms with Gasteiger partial charge in [0.05, 0.1) is 11.6 Å². The summed E-state index contributed by atoms with van der Waals surface area (Å²) in [6.07, 6.45) is 0. The van der Waals surface area contributed by atoms with E-state index in [0.717, 1.165) is 11.0 Å². The van der Waals surface area contributed by atoms with Crippen LogP contribution in [0.1, 0.15) is 10.4 Å². The van der Waals surface area contributed by atoms with Crippen molar-refractivity contribution in [2.24, 2.45) is 5.14 Å². The third kappa shape index (κ3) is 5.01. The van der Waals surface area contributed by atoms with Crippen molar-refractivity contribution in [2.75, 3.05) is 18.9 Å². The first-order chi connectivity index (χ1) is 12.1. The summed E-state index contributed by atoms with van der Waals surface area (Å²) in [5, 5.41) is 7.46. The van der Waals surface area contributed by atoms with Crippen LogP contribution in [0.5, 0.6) is 0 Å². The van der Waals surface area contributed by atoms with E-state index in [0.29, 0.717) is 5.69 Å². The van der Waals surface area contributed by atoms with Gasteiger partial charge in [-0.1, -0.05) is 11.6 Å². The lowest BCUT2D eigenvalue weighted by Crippen LogP contribution is -2.35. The molecule has 0 bridgehead atoms. The van der Waals surface area contributed by atoms with Crippen LogP contribution in [0, 0.1) is 5.82 Å². The van der Waals surface area contributed by atoms with Crippen LogP contribution in [0.15, 0.2) is 47.4 Å². The SMILES string of the molecule is CN(CC(=O)Nc1ccc(F)cc1)C(=O)c1ccc(Cl)c(S(N)(=O)=O)c1. The number of hydrogen-bond acceptors (Lipinski definition) is 4. The second-order valence-electron chi connectivity index (χ2n) is 5.41. The molecule has 2 rings (SSSR count). The van der Waals surface area contributed by atoms with Gasteiger partial charge in [0.2, 0.25) is 15.9 Å². The second-order valence-corrected chi connectivity index (χ2v) is 7.34. The lowest BCUT2D eigenvalue weighted by Gasteiger charge is -2.17. The van der Waals surface area contributed by atoms with E-state index in [9.17, 15) is 22.4 Å². The van der Waals surface area contributed by atoms with E-state index < -0.39 is 27.7 Å². The highest BCUT2D eigenvalue weighted by molar-refractivity contribution is 7.89. The zero-order valence-corrected chi connectivity index (χ0v) is 15.1. The topological polar surface area (TPSA) is 110 Å². The Morgan fingerprint density at radius 3 is 2.38 bits per heavy atom. The molecule has 2 amide bonds. The van der Waals surface area contributed by atoms with Gasteiger partial charge in [0.1, 0.15) is 10.7 Å². The second kappa shape index (κ2) is 7.81. The van der Waals surface area contributed by atoms with Gasteiger partial charge in [-0.25, -0.2) is 17.9 Å². The maximum absolute atomic E-state index is 12.8. The number of sulfonamides is 1. The van der Waals surface area contributed by atoms with Crippen LogP contribution in [0.2, 0.25) is 5.02 Å². The van der Waals surface area contributed by atoms with E-state index in [1.807, 2.05) is 0 Å². The number of nitrogens with one attached hydrogen (secondary N) is 1. The normalized spacial score (nSPS) is 11.1. The highest BCUT2D eigenvalue weighted by Gasteiger charge is 2.19. The van der Waals surface area contributed by atoms with Gasteiger partial charge in [0.15, 0.2) is 0 Å². The standard InChI is InChI=1S/C16H15ClFN3O4S/c1-21(9-15(22)20-12-5-3-11(18)4-6-12)16(23)10-2-7-13(17)14(8-10)26(19,24)25/h2-8H,9H2,1H3,(H,20,22)(H2,19,24,25). The third-order valence-corrected chi connectivity index (χ3v) is 4.73. The van der Waals surface area contributed by atoms with E-state index in [-0.39, 0.29) is 22.0 Å². The van der Waals surface area contributed by atoms with Crippen molar-refractivity contribution >= 4 is 39.1 Å². The Bertz CT molecular complexity index is 948. The molecule has 0 aliphatic heterocycles. The average molecular weight is 400 g/mol. The van der Waals surface area contributed by atoms with Crippen LogP contribution in [-0.2, 0) is 14.8 Å². The maximum atomic E-state index is 12.8. The largest absolute Gasteiger partial charge is 0.332 e. The fraction of sp³-hybridized carbons (Fsp3) is 0.125. The number of halogens is 2. The van der Waals surface area contributed by atoms with Crippen LogP contribution in [0.4, 0.5) is 10.1 Å². The number of anilines is 1. The molecule has 2 aromatic rings. The summed E-state index contributed by atoms with van der Waals surface area (Å²) >= 11 is 5.78. The number of nitrogens with zero attached hydrogens (tertiary/aromatic N) is 1. The van der Waals surface area contributed by atoms with Crippen molar-refractivity contribution in [3.05, 3.63) is 58.9 Å². The summed E-state index contributed by atoms with van der Waals surface area (Å²) in [6.45, 7) is -0.302. The smallest absolute Gasteiger partial charge is 0.254 e. The van der Waals surface area contributed by atoms with Crippen LogP contribution in [-0.4, -0.2) is 38.7 Å². The molecule has 0 radical (unpaired) electrons. The molecule has 0 unspecified atom stereocenters. The number of rotatable bonds is 5. The first kappa shape index (κ1) is 19.8. The van der Waals surface area contributed by atoms with Gasteiger partial charge in [-0.15, -0.1) is 0 Å². The van der Waals surface area contributed by atoms with Gasteiger partial charge >= 0.3 is 0 Å².